The highest BCUT2D eigenvalue weighted by atomic mass is 35.5. The Morgan fingerprint density at radius 1 is 1.40 bits per heavy atom. The molecule has 0 aromatic carbocycles. The van der Waals surface area contributed by atoms with E-state index in [1.165, 1.54) is 14.2 Å². The Bertz CT molecular complexity index is 87.0. The van der Waals surface area contributed by atoms with Crippen LogP contribution in [0.5, 0.6) is 0 Å². The molecule has 0 radical (unpaired) electrons. The third-order valence-electron chi connectivity index (χ3n) is 1.26. The Morgan fingerprint density at radius 3 is 2.20 bits per heavy atom. The third-order valence-corrected chi connectivity index (χ3v) is 3.79. The van der Waals surface area contributed by atoms with Crippen LogP contribution < -0.4 is 0 Å². The highest BCUT2D eigenvalue weighted by Crippen LogP contribution is 2.10. The SMILES string of the molecule is CO[Si](O)(CCCCl)OC. The van der Waals surface area contributed by atoms with Crippen LogP contribution in [0.25, 0.3) is 0 Å². The minimum Gasteiger partial charge on any atom is -0.390 e. The zero-order valence-electron chi connectivity index (χ0n) is 6.26. The first-order valence-electron chi connectivity index (χ1n) is 3.07. The maximum atomic E-state index is 9.40. The Labute approximate surface area is 67.3 Å². The van der Waals surface area contributed by atoms with Gasteiger partial charge < -0.3 is 13.6 Å². The van der Waals surface area contributed by atoms with Crippen molar-refractivity contribution >= 4 is 20.4 Å². The van der Waals surface area contributed by atoms with E-state index in [2.05, 4.69) is 0 Å². The average molecular weight is 185 g/mol. The van der Waals surface area contributed by atoms with E-state index < -0.39 is 8.80 Å². The first kappa shape index (κ1) is 10.4. The minimum absolute atomic E-state index is 0.530. The van der Waals surface area contributed by atoms with Crippen molar-refractivity contribution < 1.29 is 13.6 Å². The van der Waals surface area contributed by atoms with Crippen LogP contribution in [0, 0.1) is 0 Å². The first-order chi connectivity index (χ1) is 4.68. The van der Waals surface area contributed by atoms with E-state index in [1.54, 1.807) is 0 Å². The summed E-state index contributed by atoms with van der Waals surface area (Å²) in [6, 6.07) is 0.531. The van der Waals surface area contributed by atoms with Crippen LogP contribution in [0.3, 0.4) is 0 Å². The highest BCUT2D eigenvalue weighted by Gasteiger charge is 2.32. The number of hydrogen-bond donors (Lipinski definition) is 1. The molecule has 0 aliphatic heterocycles. The molecule has 0 unspecified atom stereocenters. The van der Waals surface area contributed by atoms with Crippen LogP contribution in [0.4, 0.5) is 0 Å². The fraction of sp³-hybridized carbons (Fsp3) is 1.00. The molecule has 1 N–H and O–H groups in total. The smallest absolute Gasteiger partial charge is 0.390 e. The zero-order chi connectivity index (χ0) is 8.04. The van der Waals surface area contributed by atoms with Gasteiger partial charge in [0.1, 0.15) is 0 Å². The summed E-state index contributed by atoms with van der Waals surface area (Å²) in [5.41, 5.74) is 0. The van der Waals surface area contributed by atoms with Gasteiger partial charge in [0, 0.05) is 26.1 Å². The lowest BCUT2D eigenvalue weighted by molar-refractivity contribution is 0.151. The summed E-state index contributed by atoms with van der Waals surface area (Å²) in [4.78, 5) is 9.40. The number of alkyl halides is 1. The van der Waals surface area contributed by atoms with E-state index in [0.29, 0.717) is 11.9 Å². The normalized spacial score (nSPS) is 12.0. The minimum atomic E-state index is -2.80. The van der Waals surface area contributed by atoms with E-state index in [9.17, 15) is 4.80 Å². The monoisotopic (exact) mass is 184 g/mol. The molecule has 0 amide bonds. The molecular weight excluding hydrogens is 172 g/mol. The number of hydrogen-bond acceptors (Lipinski definition) is 3. The van der Waals surface area contributed by atoms with Gasteiger partial charge in [-0.1, -0.05) is 0 Å². The summed E-state index contributed by atoms with van der Waals surface area (Å²) in [6.45, 7) is 0. The molecule has 10 heavy (non-hydrogen) atoms. The van der Waals surface area contributed by atoms with Gasteiger partial charge in [-0.15, -0.1) is 11.6 Å². The van der Waals surface area contributed by atoms with Gasteiger partial charge in [-0.05, 0) is 6.42 Å². The summed E-state index contributed by atoms with van der Waals surface area (Å²) in [5, 5.41) is 0. The van der Waals surface area contributed by atoms with Crippen molar-refractivity contribution in [2.75, 3.05) is 20.1 Å². The topological polar surface area (TPSA) is 38.7 Å². The van der Waals surface area contributed by atoms with Crippen molar-refractivity contribution in [3.63, 3.8) is 0 Å². The Balaban J connectivity index is 3.58. The molecule has 0 fully saturated rings. The molecule has 0 atom stereocenters. The van der Waals surface area contributed by atoms with Gasteiger partial charge in [-0.25, -0.2) is 0 Å². The first-order valence-corrected chi connectivity index (χ1v) is 5.57. The van der Waals surface area contributed by atoms with Crippen molar-refractivity contribution in [3.8, 4) is 0 Å². The Hall–Kier alpha value is 0.387. The molecule has 0 spiro atoms. The van der Waals surface area contributed by atoms with Crippen molar-refractivity contribution in [1.29, 1.82) is 0 Å². The predicted molar refractivity (Wildman–Crippen MR) is 42.1 cm³/mol. The van der Waals surface area contributed by atoms with Gasteiger partial charge in [-0.3, -0.25) is 0 Å². The van der Waals surface area contributed by atoms with Crippen molar-refractivity contribution in [2.24, 2.45) is 0 Å². The van der Waals surface area contributed by atoms with Crippen LogP contribution in [-0.4, -0.2) is 33.7 Å². The maximum absolute atomic E-state index is 9.40. The molecule has 0 aliphatic carbocycles. The highest BCUT2D eigenvalue weighted by molar-refractivity contribution is 6.59. The Morgan fingerprint density at radius 2 is 1.90 bits per heavy atom. The molecule has 0 bridgehead atoms. The molecule has 0 aliphatic rings. The van der Waals surface area contributed by atoms with Gasteiger partial charge >= 0.3 is 8.80 Å². The summed E-state index contributed by atoms with van der Waals surface area (Å²) < 4.78 is 9.61. The van der Waals surface area contributed by atoms with Crippen LogP contribution in [0.15, 0.2) is 0 Å². The van der Waals surface area contributed by atoms with Crippen molar-refractivity contribution in [1.82, 2.24) is 0 Å². The van der Waals surface area contributed by atoms with E-state index in [-0.39, 0.29) is 0 Å². The molecule has 0 saturated heterocycles. The van der Waals surface area contributed by atoms with Gasteiger partial charge in [0.15, 0.2) is 0 Å². The fourth-order valence-electron chi connectivity index (χ4n) is 0.578. The second-order valence-electron chi connectivity index (χ2n) is 1.91. The van der Waals surface area contributed by atoms with E-state index >= 15 is 0 Å². The molecule has 3 nitrogen and oxygen atoms in total. The largest absolute Gasteiger partial charge is 0.497 e. The lowest BCUT2D eigenvalue weighted by Gasteiger charge is -2.18. The maximum Gasteiger partial charge on any atom is 0.497 e. The zero-order valence-corrected chi connectivity index (χ0v) is 8.02. The van der Waals surface area contributed by atoms with Gasteiger partial charge in [0.25, 0.3) is 0 Å². The molecular formula is C5H13ClO3Si. The fourth-order valence-corrected chi connectivity index (χ4v) is 2.13. The van der Waals surface area contributed by atoms with E-state index in [1.807, 2.05) is 0 Å². The molecule has 0 aromatic rings. The number of rotatable bonds is 5. The van der Waals surface area contributed by atoms with Crippen LogP contribution in [0.1, 0.15) is 6.42 Å². The van der Waals surface area contributed by atoms with Gasteiger partial charge in [0.05, 0.1) is 0 Å². The summed E-state index contributed by atoms with van der Waals surface area (Å²) in [5.74, 6) is 0.530. The van der Waals surface area contributed by atoms with Crippen LogP contribution in [-0.2, 0) is 8.85 Å². The third kappa shape index (κ3) is 3.53. The van der Waals surface area contributed by atoms with Crippen LogP contribution >= 0.6 is 11.6 Å². The van der Waals surface area contributed by atoms with Crippen molar-refractivity contribution in [2.45, 2.75) is 12.5 Å². The molecule has 0 aromatic heterocycles. The lowest BCUT2D eigenvalue weighted by atomic mass is 10.6. The van der Waals surface area contributed by atoms with Gasteiger partial charge in [0.2, 0.25) is 0 Å². The van der Waals surface area contributed by atoms with E-state index in [0.717, 1.165) is 6.42 Å². The summed E-state index contributed by atoms with van der Waals surface area (Å²) in [6.07, 6.45) is 0.728. The van der Waals surface area contributed by atoms with E-state index in [4.69, 9.17) is 20.5 Å². The van der Waals surface area contributed by atoms with Crippen LogP contribution in [0.2, 0.25) is 6.04 Å². The average Bonchev–Trinajstić information content (AvgIpc) is 2.00. The second kappa shape index (κ2) is 5.09. The molecule has 0 heterocycles. The molecule has 62 valence electrons. The predicted octanol–water partition coefficient (Wildman–Crippen LogP) is 0.839. The molecule has 0 saturated carbocycles. The summed E-state index contributed by atoms with van der Waals surface area (Å²) in [7, 11) is 0.0940. The van der Waals surface area contributed by atoms with Gasteiger partial charge in [-0.2, -0.15) is 0 Å². The summed E-state index contributed by atoms with van der Waals surface area (Å²) >= 11 is 5.42. The Kier molecular flexibility index (Phi) is 5.29. The standard InChI is InChI=1S/C5H13ClO3Si/c1-8-10(7,9-2)5-3-4-6/h7H,3-5H2,1-2H3. The number of halogens is 1. The molecule has 5 heteroatoms. The molecule has 0 rings (SSSR count). The quantitative estimate of drug-likeness (QED) is 0.509. The van der Waals surface area contributed by atoms with Crippen molar-refractivity contribution in [3.05, 3.63) is 0 Å². The lowest BCUT2D eigenvalue weighted by Crippen LogP contribution is -2.40. The second-order valence-corrected chi connectivity index (χ2v) is 5.03.